The quantitative estimate of drug-likeness (QED) is 0.335. The Bertz CT molecular complexity index is 1030. The Morgan fingerprint density at radius 1 is 1.00 bits per heavy atom. The number of ether oxygens (including phenoxy) is 3. The lowest BCUT2D eigenvalue weighted by Gasteiger charge is -2.54. The van der Waals surface area contributed by atoms with Gasteiger partial charge in [0.05, 0.1) is 0 Å². The second kappa shape index (κ2) is 8.51. The van der Waals surface area contributed by atoms with E-state index in [9.17, 15) is 19.2 Å². The third-order valence-electron chi connectivity index (χ3n) is 8.68. The zero-order valence-electron chi connectivity index (χ0n) is 20.7. The molecule has 0 aromatic heterocycles. The van der Waals surface area contributed by atoms with Crippen LogP contribution in [-0.4, -0.2) is 35.9 Å². The zero-order valence-corrected chi connectivity index (χ0v) is 20.7. The molecule has 0 aromatic rings. The van der Waals surface area contributed by atoms with E-state index in [0.29, 0.717) is 25.0 Å². The smallest absolute Gasteiger partial charge is 0.307 e. The molecule has 184 valence electrons. The standard InChI is InChI=1S/C27H34O7/c1-16(28)32-15-24(31)27(34-18(3)30)13-10-23-21-7-6-19-14-20(33-17(2)29)8-11-25(19,4)22(21)9-12-26(23,27)5/h6,9,14,21,23H,7-8,10-13,15H2,1-5H3/t21-,23+,25+,26+,27+/m1/s1. The monoisotopic (exact) mass is 470 g/mol. The van der Waals surface area contributed by atoms with E-state index in [1.807, 2.05) is 13.0 Å². The molecule has 4 rings (SSSR count). The minimum absolute atomic E-state index is 0.150. The van der Waals surface area contributed by atoms with Gasteiger partial charge in [-0.1, -0.05) is 31.6 Å². The molecule has 1 saturated carbocycles. The summed E-state index contributed by atoms with van der Waals surface area (Å²) in [4.78, 5) is 48.3. The summed E-state index contributed by atoms with van der Waals surface area (Å²) in [6.45, 7) is 7.92. The van der Waals surface area contributed by atoms with Gasteiger partial charge in [-0.05, 0) is 55.6 Å². The van der Waals surface area contributed by atoms with Gasteiger partial charge in [0.25, 0.3) is 0 Å². The fourth-order valence-electron chi connectivity index (χ4n) is 7.09. The van der Waals surface area contributed by atoms with Crippen molar-refractivity contribution in [2.75, 3.05) is 6.61 Å². The predicted molar refractivity (Wildman–Crippen MR) is 123 cm³/mol. The van der Waals surface area contributed by atoms with Crippen molar-refractivity contribution in [2.45, 2.75) is 78.7 Å². The topological polar surface area (TPSA) is 96.0 Å². The summed E-state index contributed by atoms with van der Waals surface area (Å²) >= 11 is 0. The summed E-state index contributed by atoms with van der Waals surface area (Å²) in [6.07, 6.45) is 10.6. The molecule has 0 N–H and O–H groups in total. The number of hydrogen-bond donors (Lipinski definition) is 0. The highest BCUT2D eigenvalue weighted by Gasteiger charge is 2.66. The van der Waals surface area contributed by atoms with Gasteiger partial charge in [-0.3, -0.25) is 19.2 Å². The Balaban J connectivity index is 1.69. The molecule has 0 bridgehead atoms. The minimum atomic E-state index is -1.30. The van der Waals surface area contributed by atoms with Crippen LogP contribution in [0.4, 0.5) is 0 Å². The van der Waals surface area contributed by atoms with Gasteiger partial charge in [-0.15, -0.1) is 0 Å². The highest BCUT2D eigenvalue weighted by molar-refractivity contribution is 5.93. The third-order valence-corrected chi connectivity index (χ3v) is 8.68. The van der Waals surface area contributed by atoms with Crippen molar-refractivity contribution in [1.29, 1.82) is 0 Å². The fourth-order valence-corrected chi connectivity index (χ4v) is 7.09. The van der Waals surface area contributed by atoms with Gasteiger partial charge in [0.15, 0.2) is 12.2 Å². The van der Waals surface area contributed by atoms with Crippen molar-refractivity contribution in [1.82, 2.24) is 0 Å². The van der Waals surface area contributed by atoms with E-state index in [0.717, 1.165) is 19.3 Å². The van der Waals surface area contributed by atoms with E-state index in [1.54, 1.807) is 0 Å². The van der Waals surface area contributed by atoms with Crippen molar-refractivity contribution in [3.05, 3.63) is 35.1 Å². The van der Waals surface area contributed by atoms with Gasteiger partial charge in [0.1, 0.15) is 5.76 Å². The van der Waals surface area contributed by atoms with Crippen LogP contribution in [-0.2, 0) is 33.4 Å². The number of rotatable bonds is 5. The predicted octanol–water partition coefficient (Wildman–Crippen LogP) is 4.36. The highest BCUT2D eigenvalue weighted by atomic mass is 16.6. The van der Waals surface area contributed by atoms with Gasteiger partial charge in [0.2, 0.25) is 5.78 Å². The Labute approximate surface area is 200 Å². The van der Waals surface area contributed by atoms with E-state index in [-0.39, 0.29) is 29.0 Å². The first-order valence-corrected chi connectivity index (χ1v) is 12.1. The average molecular weight is 471 g/mol. The lowest BCUT2D eigenvalue weighted by molar-refractivity contribution is -0.184. The second-order valence-corrected chi connectivity index (χ2v) is 10.6. The van der Waals surface area contributed by atoms with Gasteiger partial charge in [0, 0.05) is 38.0 Å². The number of esters is 3. The van der Waals surface area contributed by atoms with Crippen molar-refractivity contribution in [2.24, 2.45) is 22.7 Å². The molecule has 1 fully saturated rings. The number of hydrogen-bond acceptors (Lipinski definition) is 7. The fraction of sp³-hybridized carbons (Fsp3) is 0.630. The number of carbonyl (C=O) groups excluding carboxylic acids is 4. The van der Waals surface area contributed by atoms with Gasteiger partial charge in [-0.2, -0.15) is 0 Å². The molecule has 7 nitrogen and oxygen atoms in total. The molecule has 5 atom stereocenters. The van der Waals surface area contributed by atoms with Crippen molar-refractivity contribution in [3.8, 4) is 0 Å². The Hall–Kier alpha value is -2.70. The largest absolute Gasteiger partial charge is 0.458 e. The summed E-state index contributed by atoms with van der Waals surface area (Å²) in [7, 11) is 0. The summed E-state index contributed by atoms with van der Waals surface area (Å²) in [5, 5.41) is 0. The van der Waals surface area contributed by atoms with Crippen molar-refractivity contribution >= 4 is 23.7 Å². The molecule has 0 spiro atoms. The van der Waals surface area contributed by atoms with Crippen LogP contribution >= 0.6 is 0 Å². The van der Waals surface area contributed by atoms with Crippen LogP contribution in [0.3, 0.4) is 0 Å². The van der Waals surface area contributed by atoms with Gasteiger partial charge >= 0.3 is 17.9 Å². The normalized spacial score (nSPS) is 36.0. The first kappa shape index (κ1) is 24.4. The van der Waals surface area contributed by atoms with E-state index in [2.05, 4.69) is 19.1 Å². The van der Waals surface area contributed by atoms with Gasteiger partial charge in [-0.25, -0.2) is 0 Å². The molecule has 0 saturated heterocycles. The highest BCUT2D eigenvalue weighted by Crippen LogP contribution is 2.66. The molecule has 0 unspecified atom stereocenters. The molecule has 0 aliphatic heterocycles. The number of allylic oxidation sites excluding steroid dienone is 6. The summed E-state index contributed by atoms with van der Waals surface area (Å²) in [5.41, 5.74) is 0.510. The van der Waals surface area contributed by atoms with E-state index in [4.69, 9.17) is 14.2 Å². The third kappa shape index (κ3) is 3.73. The molecule has 0 heterocycles. The molecule has 0 radical (unpaired) electrons. The maximum absolute atomic E-state index is 13.4. The van der Waals surface area contributed by atoms with E-state index >= 15 is 0 Å². The first-order valence-electron chi connectivity index (χ1n) is 12.1. The minimum Gasteiger partial charge on any atom is -0.458 e. The number of Topliss-reactive ketones (excluding diaryl/α,β-unsaturated/α-hetero) is 1. The SMILES string of the molecule is CC(=O)OCC(=O)[C@@]1(OC(C)=O)CC[C@H]2[C@@H]3CC=C4C=C(OC(C)=O)CC[C@]4(C)C3=CC[C@@]21C. The number of carbonyl (C=O) groups is 4. The molecule has 0 aromatic carbocycles. The molecular formula is C27H34O7. The Morgan fingerprint density at radius 2 is 1.74 bits per heavy atom. The van der Waals surface area contributed by atoms with Crippen LogP contribution in [0.2, 0.25) is 0 Å². The molecular weight excluding hydrogens is 436 g/mol. The average Bonchev–Trinajstić information content (AvgIpc) is 3.04. The van der Waals surface area contributed by atoms with Gasteiger partial charge < -0.3 is 14.2 Å². The lowest BCUT2D eigenvalue weighted by Crippen LogP contribution is -2.57. The number of ketones is 1. The zero-order chi connectivity index (χ0) is 24.9. The summed E-state index contributed by atoms with van der Waals surface area (Å²) in [6, 6.07) is 0. The van der Waals surface area contributed by atoms with E-state index in [1.165, 1.54) is 31.9 Å². The maximum atomic E-state index is 13.4. The summed E-state index contributed by atoms with van der Waals surface area (Å²) in [5.74, 6) is -0.583. The van der Waals surface area contributed by atoms with E-state index < -0.39 is 29.6 Å². The van der Waals surface area contributed by atoms with Crippen LogP contribution in [0.5, 0.6) is 0 Å². The first-order chi connectivity index (χ1) is 15.9. The lowest BCUT2D eigenvalue weighted by atomic mass is 9.51. The van der Waals surface area contributed by atoms with Crippen LogP contribution in [0.1, 0.15) is 73.1 Å². The van der Waals surface area contributed by atoms with Crippen LogP contribution in [0.25, 0.3) is 0 Å². The summed E-state index contributed by atoms with van der Waals surface area (Å²) < 4.78 is 16.3. The molecule has 4 aliphatic carbocycles. The second-order valence-electron chi connectivity index (χ2n) is 10.6. The Morgan fingerprint density at radius 3 is 2.38 bits per heavy atom. The van der Waals surface area contributed by atoms with Crippen LogP contribution in [0.15, 0.2) is 35.1 Å². The molecule has 34 heavy (non-hydrogen) atoms. The molecule has 4 aliphatic rings. The maximum Gasteiger partial charge on any atom is 0.307 e. The van der Waals surface area contributed by atoms with Crippen LogP contribution < -0.4 is 0 Å². The molecule has 7 heteroatoms. The van der Waals surface area contributed by atoms with Crippen molar-refractivity contribution < 1.29 is 33.4 Å². The molecule has 0 amide bonds. The van der Waals surface area contributed by atoms with Crippen molar-refractivity contribution in [3.63, 3.8) is 0 Å². The number of fused-ring (bicyclic) bond motifs is 5. The van der Waals surface area contributed by atoms with Crippen LogP contribution in [0, 0.1) is 22.7 Å². The Kier molecular flexibility index (Phi) is 6.11.